The van der Waals surface area contributed by atoms with Gasteiger partial charge in [-0.1, -0.05) is 20.8 Å². The highest BCUT2D eigenvalue weighted by molar-refractivity contribution is 4.87. The van der Waals surface area contributed by atoms with Crippen LogP contribution in [0.4, 0.5) is 0 Å². The summed E-state index contributed by atoms with van der Waals surface area (Å²) < 4.78 is 11.8. The minimum atomic E-state index is -0.207. The van der Waals surface area contributed by atoms with Gasteiger partial charge in [0.1, 0.15) is 0 Å². The molecule has 2 nitrogen and oxygen atoms in total. The Balaban J connectivity index is 1.92. The van der Waals surface area contributed by atoms with Crippen molar-refractivity contribution in [2.75, 3.05) is 6.61 Å². The maximum Gasteiger partial charge on any atom is 0.168 e. The molecule has 1 aliphatic heterocycles. The molecule has 1 unspecified atom stereocenters. The van der Waals surface area contributed by atoms with Gasteiger partial charge in [0, 0.05) is 12.8 Å². The molecule has 88 valence electrons. The molecule has 1 heterocycles. The summed E-state index contributed by atoms with van der Waals surface area (Å²) in [5, 5.41) is 0. The lowest BCUT2D eigenvalue weighted by atomic mass is 9.71. The molecule has 2 aliphatic rings. The zero-order chi connectivity index (χ0) is 11.1. The zero-order valence-corrected chi connectivity index (χ0v) is 10.5. The molecule has 0 N–H and O–H groups in total. The Morgan fingerprint density at radius 3 is 2.13 bits per heavy atom. The average Bonchev–Trinajstić information content (AvgIpc) is 2.47. The van der Waals surface area contributed by atoms with Crippen LogP contribution >= 0.6 is 0 Å². The van der Waals surface area contributed by atoms with Crippen molar-refractivity contribution in [1.29, 1.82) is 0 Å². The van der Waals surface area contributed by atoms with Crippen LogP contribution in [0.25, 0.3) is 0 Å². The van der Waals surface area contributed by atoms with Crippen LogP contribution in [0.3, 0.4) is 0 Å². The molecule has 2 rings (SSSR count). The van der Waals surface area contributed by atoms with Gasteiger partial charge in [0.2, 0.25) is 0 Å². The normalized spacial score (nSPS) is 42.4. The monoisotopic (exact) mass is 212 g/mol. The molecule has 0 amide bonds. The third kappa shape index (κ3) is 2.36. The van der Waals surface area contributed by atoms with Crippen molar-refractivity contribution in [2.45, 2.75) is 65.3 Å². The van der Waals surface area contributed by atoms with E-state index in [0.29, 0.717) is 5.41 Å². The van der Waals surface area contributed by atoms with Crippen LogP contribution in [-0.4, -0.2) is 18.5 Å². The number of hydrogen-bond donors (Lipinski definition) is 0. The van der Waals surface area contributed by atoms with E-state index in [0.717, 1.165) is 25.4 Å². The van der Waals surface area contributed by atoms with E-state index in [9.17, 15) is 0 Å². The second kappa shape index (κ2) is 3.74. The van der Waals surface area contributed by atoms with Gasteiger partial charge >= 0.3 is 0 Å². The maximum absolute atomic E-state index is 5.93. The quantitative estimate of drug-likeness (QED) is 0.613. The van der Waals surface area contributed by atoms with Gasteiger partial charge in [-0.25, -0.2) is 0 Å². The van der Waals surface area contributed by atoms with Gasteiger partial charge in [0.15, 0.2) is 5.79 Å². The summed E-state index contributed by atoms with van der Waals surface area (Å²) in [4.78, 5) is 0. The summed E-state index contributed by atoms with van der Waals surface area (Å²) in [6, 6.07) is 0. The predicted octanol–water partition coefficient (Wildman–Crippen LogP) is 3.35. The van der Waals surface area contributed by atoms with Crippen molar-refractivity contribution >= 4 is 0 Å². The van der Waals surface area contributed by atoms with Crippen molar-refractivity contribution in [3.05, 3.63) is 0 Å². The molecular formula is C13H24O2. The topological polar surface area (TPSA) is 18.5 Å². The van der Waals surface area contributed by atoms with Gasteiger partial charge in [-0.3, -0.25) is 0 Å². The fraction of sp³-hybridized carbons (Fsp3) is 1.00. The number of rotatable bonds is 0. The molecule has 0 bridgehead atoms. The fourth-order valence-electron chi connectivity index (χ4n) is 2.89. The molecule has 2 heteroatoms. The molecule has 1 aliphatic carbocycles. The second-order valence-corrected chi connectivity index (χ2v) is 6.29. The first-order valence-corrected chi connectivity index (χ1v) is 6.23. The summed E-state index contributed by atoms with van der Waals surface area (Å²) >= 11 is 0. The highest BCUT2D eigenvalue weighted by atomic mass is 16.7. The van der Waals surface area contributed by atoms with E-state index in [2.05, 4.69) is 27.7 Å². The van der Waals surface area contributed by atoms with Crippen LogP contribution in [0.1, 0.15) is 53.4 Å². The lowest BCUT2D eigenvalue weighted by molar-refractivity contribution is -0.195. The molecule has 0 aromatic heterocycles. The Morgan fingerprint density at radius 2 is 1.73 bits per heavy atom. The van der Waals surface area contributed by atoms with E-state index in [1.807, 2.05) is 0 Å². The summed E-state index contributed by atoms with van der Waals surface area (Å²) in [5.41, 5.74) is 0.436. The fourth-order valence-corrected chi connectivity index (χ4v) is 2.89. The van der Waals surface area contributed by atoms with Crippen molar-refractivity contribution in [2.24, 2.45) is 11.3 Å². The van der Waals surface area contributed by atoms with E-state index >= 15 is 0 Å². The van der Waals surface area contributed by atoms with Crippen LogP contribution in [0.15, 0.2) is 0 Å². The van der Waals surface area contributed by atoms with E-state index in [1.165, 1.54) is 12.8 Å². The molecule has 0 aromatic rings. The van der Waals surface area contributed by atoms with E-state index in [4.69, 9.17) is 9.47 Å². The van der Waals surface area contributed by atoms with Crippen LogP contribution in [0.5, 0.6) is 0 Å². The standard InChI is InChI=1S/C13H24O2/c1-10-9-14-13(15-10)7-5-11(6-8-13)12(2,3)4/h10-11H,5-9H2,1-4H3. The maximum atomic E-state index is 5.93. The molecule has 0 radical (unpaired) electrons. The Bertz CT molecular complexity index is 221. The van der Waals surface area contributed by atoms with Gasteiger partial charge in [-0.05, 0) is 31.1 Å². The third-order valence-corrected chi connectivity index (χ3v) is 3.97. The summed E-state index contributed by atoms with van der Waals surface area (Å²) in [6.07, 6.45) is 4.95. The molecule has 0 aromatic carbocycles. The van der Waals surface area contributed by atoms with Gasteiger partial charge in [0.25, 0.3) is 0 Å². The van der Waals surface area contributed by atoms with E-state index < -0.39 is 0 Å². The van der Waals surface area contributed by atoms with Crippen LogP contribution in [-0.2, 0) is 9.47 Å². The lowest BCUT2D eigenvalue weighted by Crippen LogP contribution is -2.38. The van der Waals surface area contributed by atoms with E-state index in [-0.39, 0.29) is 11.9 Å². The number of hydrogen-bond acceptors (Lipinski definition) is 2. The molecule has 15 heavy (non-hydrogen) atoms. The Morgan fingerprint density at radius 1 is 1.13 bits per heavy atom. The van der Waals surface area contributed by atoms with Crippen LogP contribution in [0.2, 0.25) is 0 Å². The second-order valence-electron chi connectivity index (χ2n) is 6.29. The molecule has 1 atom stereocenters. The minimum Gasteiger partial charge on any atom is -0.347 e. The Hall–Kier alpha value is -0.0800. The van der Waals surface area contributed by atoms with Gasteiger partial charge in [-0.15, -0.1) is 0 Å². The Kier molecular flexibility index (Phi) is 2.85. The molecular weight excluding hydrogens is 188 g/mol. The first-order valence-electron chi connectivity index (χ1n) is 6.23. The summed E-state index contributed by atoms with van der Waals surface area (Å²) in [6.45, 7) is 9.91. The zero-order valence-electron chi connectivity index (χ0n) is 10.5. The predicted molar refractivity (Wildman–Crippen MR) is 60.6 cm³/mol. The summed E-state index contributed by atoms with van der Waals surface area (Å²) in [5.74, 6) is 0.618. The van der Waals surface area contributed by atoms with Crippen molar-refractivity contribution < 1.29 is 9.47 Å². The number of ether oxygens (including phenoxy) is 2. The largest absolute Gasteiger partial charge is 0.347 e. The third-order valence-electron chi connectivity index (χ3n) is 3.97. The molecule has 1 saturated carbocycles. The van der Waals surface area contributed by atoms with Crippen molar-refractivity contribution in [3.63, 3.8) is 0 Å². The van der Waals surface area contributed by atoms with Gasteiger partial charge in [-0.2, -0.15) is 0 Å². The van der Waals surface area contributed by atoms with Crippen molar-refractivity contribution in [1.82, 2.24) is 0 Å². The lowest BCUT2D eigenvalue weighted by Gasteiger charge is -2.41. The first-order chi connectivity index (χ1) is 6.91. The van der Waals surface area contributed by atoms with Gasteiger partial charge < -0.3 is 9.47 Å². The van der Waals surface area contributed by atoms with Crippen LogP contribution < -0.4 is 0 Å². The van der Waals surface area contributed by atoms with Gasteiger partial charge in [0.05, 0.1) is 12.7 Å². The SMILES string of the molecule is CC1COC2(CCC(C(C)(C)C)CC2)O1. The summed E-state index contributed by atoms with van der Waals surface area (Å²) in [7, 11) is 0. The smallest absolute Gasteiger partial charge is 0.168 e. The highest BCUT2D eigenvalue weighted by Crippen LogP contribution is 2.45. The molecule has 1 saturated heterocycles. The minimum absolute atomic E-state index is 0.207. The van der Waals surface area contributed by atoms with Crippen molar-refractivity contribution in [3.8, 4) is 0 Å². The molecule has 1 spiro atoms. The van der Waals surface area contributed by atoms with E-state index in [1.54, 1.807) is 0 Å². The first kappa shape index (κ1) is 11.4. The van der Waals surface area contributed by atoms with Crippen LogP contribution in [0, 0.1) is 11.3 Å². The Labute approximate surface area is 93.3 Å². The molecule has 2 fully saturated rings. The highest BCUT2D eigenvalue weighted by Gasteiger charge is 2.44. The average molecular weight is 212 g/mol.